The second kappa shape index (κ2) is 8.60. The minimum Gasteiger partial charge on any atom is -0.477 e. The van der Waals surface area contributed by atoms with Gasteiger partial charge in [0.15, 0.2) is 0 Å². The fourth-order valence-electron chi connectivity index (χ4n) is 2.89. The maximum Gasteiger partial charge on any atom is 0.341 e. The van der Waals surface area contributed by atoms with E-state index in [-0.39, 0.29) is 11.9 Å². The van der Waals surface area contributed by atoms with Crippen LogP contribution in [0.15, 0.2) is 40.4 Å². The van der Waals surface area contributed by atoms with Crippen molar-refractivity contribution in [2.24, 2.45) is 5.10 Å². The standard InChI is InChI=1S/C20H21F2N3O3/c1-5-23-24(4)15-8-6-14(7-9-15)10-25-11-16(20(27)28)19(26)17(12(2)21)18(25)13(3)22/h5-9,11H,10H2,1-4H3,(H,27,28). The highest BCUT2D eigenvalue weighted by Gasteiger charge is 2.16. The Bertz CT molecular complexity index is 1100. The van der Waals surface area contributed by atoms with Crippen molar-refractivity contribution in [3.63, 3.8) is 0 Å². The summed E-state index contributed by atoms with van der Waals surface area (Å²) in [4.78, 5) is 23.7. The monoisotopic (exact) mass is 389 g/mol. The van der Waals surface area contributed by atoms with Crippen LogP contribution < -0.4 is 21.0 Å². The average molecular weight is 389 g/mol. The smallest absolute Gasteiger partial charge is 0.341 e. The quantitative estimate of drug-likeness (QED) is 0.629. The molecular weight excluding hydrogens is 368 g/mol. The molecular formula is C20H21F2N3O3. The number of benzene rings is 1. The van der Waals surface area contributed by atoms with Crippen molar-refractivity contribution >= 4 is 29.5 Å². The molecule has 1 aromatic heterocycles. The lowest BCUT2D eigenvalue weighted by molar-refractivity contribution is 0.0694. The van der Waals surface area contributed by atoms with Crippen LogP contribution >= 0.6 is 0 Å². The van der Waals surface area contributed by atoms with Gasteiger partial charge in [0.1, 0.15) is 17.2 Å². The number of anilines is 1. The molecule has 28 heavy (non-hydrogen) atoms. The maximum atomic E-state index is 14.2. The lowest BCUT2D eigenvalue weighted by Gasteiger charge is -2.14. The molecule has 0 amide bonds. The van der Waals surface area contributed by atoms with Crippen LogP contribution in [0.25, 0.3) is 11.7 Å². The first kappa shape index (κ1) is 21.0. The molecule has 0 aliphatic rings. The summed E-state index contributed by atoms with van der Waals surface area (Å²) in [5.41, 5.74) is -0.145. The number of rotatable bonds is 5. The molecule has 1 aromatic carbocycles. The van der Waals surface area contributed by atoms with E-state index in [4.69, 9.17) is 0 Å². The van der Waals surface area contributed by atoms with Crippen LogP contribution in [0, 0.1) is 0 Å². The number of hydrogen-bond donors (Lipinski definition) is 1. The molecule has 0 saturated carbocycles. The fraction of sp³-hybridized carbons (Fsp3) is 0.250. The minimum absolute atomic E-state index is 0.0540. The predicted octanol–water partition coefficient (Wildman–Crippen LogP) is 2.23. The molecule has 1 heterocycles. The molecule has 0 spiro atoms. The Morgan fingerprint density at radius 3 is 2.29 bits per heavy atom. The van der Waals surface area contributed by atoms with Gasteiger partial charge in [0.25, 0.3) is 0 Å². The number of hydrogen-bond acceptors (Lipinski definition) is 4. The highest BCUT2D eigenvalue weighted by Crippen LogP contribution is 2.14. The second-order valence-electron chi connectivity index (χ2n) is 6.16. The maximum absolute atomic E-state index is 14.2. The van der Waals surface area contributed by atoms with Crippen LogP contribution in [-0.2, 0) is 6.54 Å². The lowest BCUT2D eigenvalue weighted by atomic mass is 10.1. The van der Waals surface area contributed by atoms with Gasteiger partial charge in [0, 0.05) is 26.0 Å². The first-order chi connectivity index (χ1) is 13.2. The van der Waals surface area contributed by atoms with Gasteiger partial charge in [-0.25, -0.2) is 13.6 Å². The SMILES string of the molecule is CC=NN(C)c1ccc(Cn2cc(C(=O)O)c(=O)c(=C(C)F)c2=C(C)F)cc1. The summed E-state index contributed by atoms with van der Waals surface area (Å²) in [7, 11) is 1.78. The second-order valence-corrected chi connectivity index (χ2v) is 6.16. The Morgan fingerprint density at radius 2 is 1.82 bits per heavy atom. The Hall–Kier alpha value is -3.29. The molecule has 0 aliphatic carbocycles. The van der Waals surface area contributed by atoms with E-state index in [0.29, 0.717) is 5.56 Å². The molecule has 0 radical (unpaired) electrons. The Morgan fingerprint density at radius 1 is 1.21 bits per heavy atom. The summed E-state index contributed by atoms with van der Waals surface area (Å²) >= 11 is 0. The van der Waals surface area contributed by atoms with E-state index in [0.717, 1.165) is 25.7 Å². The Kier molecular flexibility index (Phi) is 6.45. The molecule has 1 N–H and O–H groups in total. The number of carboxylic acid groups (broad SMARTS) is 1. The summed E-state index contributed by atoms with van der Waals surface area (Å²) < 4.78 is 29.4. The Balaban J connectivity index is 2.67. The molecule has 0 atom stereocenters. The van der Waals surface area contributed by atoms with Crippen molar-refractivity contribution in [1.82, 2.24) is 4.57 Å². The van der Waals surface area contributed by atoms with Gasteiger partial charge in [-0.1, -0.05) is 12.1 Å². The zero-order valence-corrected chi connectivity index (χ0v) is 16.0. The molecule has 148 valence electrons. The predicted molar refractivity (Wildman–Crippen MR) is 105 cm³/mol. The van der Waals surface area contributed by atoms with Crippen LogP contribution in [0.2, 0.25) is 0 Å². The third-order valence-corrected chi connectivity index (χ3v) is 4.13. The molecule has 8 heteroatoms. The van der Waals surface area contributed by atoms with E-state index in [1.54, 1.807) is 49.5 Å². The lowest BCUT2D eigenvalue weighted by Crippen LogP contribution is -2.49. The molecule has 2 aromatic rings. The van der Waals surface area contributed by atoms with Gasteiger partial charge in [-0.2, -0.15) is 5.10 Å². The highest BCUT2D eigenvalue weighted by atomic mass is 19.1. The van der Waals surface area contributed by atoms with Crippen LogP contribution in [-0.4, -0.2) is 28.9 Å². The highest BCUT2D eigenvalue weighted by molar-refractivity contribution is 5.87. The van der Waals surface area contributed by atoms with Crippen molar-refractivity contribution in [3.8, 4) is 0 Å². The van der Waals surface area contributed by atoms with E-state index < -0.39 is 33.8 Å². The molecule has 0 aliphatic heterocycles. The van der Waals surface area contributed by atoms with E-state index in [1.165, 1.54) is 4.57 Å². The van der Waals surface area contributed by atoms with Crippen LogP contribution in [0.4, 0.5) is 14.5 Å². The van der Waals surface area contributed by atoms with E-state index in [1.807, 2.05) is 0 Å². The van der Waals surface area contributed by atoms with Gasteiger partial charge in [0.05, 0.1) is 16.3 Å². The average Bonchev–Trinajstić information content (AvgIpc) is 2.62. The summed E-state index contributed by atoms with van der Waals surface area (Å²) in [6, 6.07) is 7.11. The number of carboxylic acids is 1. The molecule has 0 bridgehead atoms. The summed E-state index contributed by atoms with van der Waals surface area (Å²) in [5, 5.41) is 14.2. The summed E-state index contributed by atoms with van der Waals surface area (Å²) in [5.74, 6) is -3.23. The van der Waals surface area contributed by atoms with Crippen molar-refractivity contribution in [2.45, 2.75) is 27.3 Å². The van der Waals surface area contributed by atoms with E-state index >= 15 is 0 Å². The van der Waals surface area contributed by atoms with Crippen LogP contribution in [0.3, 0.4) is 0 Å². The first-order valence-electron chi connectivity index (χ1n) is 8.48. The number of nitrogens with zero attached hydrogens (tertiary/aromatic N) is 3. The van der Waals surface area contributed by atoms with Crippen molar-refractivity contribution in [1.29, 1.82) is 0 Å². The number of pyridine rings is 1. The molecule has 0 saturated heterocycles. The van der Waals surface area contributed by atoms with Crippen LogP contribution in [0.1, 0.15) is 36.7 Å². The van der Waals surface area contributed by atoms with Gasteiger partial charge in [-0.3, -0.25) is 9.80 Å². The Labute approximate surface area is 160 Å². The van der Waals surface area contributed by atoms with Crippen LogP contribution in [0.5, 0.6) is 0 Å². The molecule has 2 rings (SSSR count). The number of hydrazone groups is 1. The fourth-order valence-corrected chi connectivity index (χ4v) is 2.89. The largest absolute Gasteiger partial charge is 0.477 e. The number of carbonyl (C=O) groups is 1. The summed E-state index contributed by atoms with van der Waals surface area (Å²) in [6.45, 7) is 3.94. The third-order valence-electron chi connectivity index (χ3n) is 4.13. The molecule has 0 fully saturated rings. The summed E-state index contributed by atoms with van der Waals surface area (Å²) in [6.07, 6.45) is 2.68. The number of aromatic nitrogens is 1. The van der Waals surface area contributed by atoms with Gasteiger partial charge < -0.3 is 9.67 Å². The third kappa shape index (κ3) is 4.33. The number of aromatic carboxylic acids is 1. The first-order valence-corrected chi connectivity index (χ1v) is 8.48. The normalized spacial score (nSPS) is 13.5. The van der Waals surface area contributed by atoms with Crippen molar-refractivity contribution in [3.05, 3.63) is 62.4 Å². The van der Waals surface area contributed by atoms with Gasteiger partial charge in [-0.15, -0.1) is 0 Å². The van der Waals surface area contributed by atoms with Crippen molar-refractivity contribution < 1.29 is 18.7 Å². The van der Waals surface area contributed by atoms with Gasteiger partial charge in [0.2, 0.25) is 5.43 Å². The zero-order chi connectivity index (χ0) is 21.0. The number of halogens is 2. The van der Waals surface area contributed by atoms with Gasteiger partial charge in [-0.05, 0) is 38.5 Å². The topological polar surface area (TPSA) is 74.9 Å². The van der Waals surface area contributed by atoms with E-state index in [9.17, 15) is 23.5 Å². The van der Waals surface area contributed by atoms with E-state index in [2.05, 4.69) is 5.10 Å². The minimum atomic E-state index is -1.50. The molecule has 0 unspecified atom stereocenters. The van der Waals surface area contributed by atoms with Gasteiger partial charge >= 0.3 is 5.97 Å². The molecule has 6 nitrogen and oxygen atoms in total. The van der Waals surface area contributed by atoms with Crippen molar-refractivity contribution in [2.75, 3.05) is 12.1 Å². The zero-order valence-electron chi connectivity index (χ0n) is 16.0.